The first-order valence-electron chi connectivity index (χ1n) is 14.3. The number of halogens is 1. The molecule has 0 unspecified atom stereocenters. The molecule has 0 spiro atoms. The average Bonchev–Trinajstić information content (AvgIpc) is 3.31. The Morgan fingerprint density at radius 1 is 1.23 bits per heavy atom. The Bertz CT molecular complexity index is 1300. The topological polar surface area (TPSA) is 71.7 Å². The minimum Gasteiger partial charge on any atom is -0.493 e. The molecule has 1 amide bonds. The fraction of sp³-hybridized carbons (Fsp3) is 0.567. The summed E-state index contributed by atoms with van der Waals surface area (Å²) in [5.41, 5.74) is 1.76. The predicted octanol–water partition coefficient (Wildman–Crippen LogP) is 5.84. The quantitative estimate of drug-likeness (QED) is 0.332. The second-order valence-electron chi connectivity index (χ2n) is 11.6. The Hall–Kier alpha value is -2.94. The first-order chi connectivity index (χ1) is 18.9. The van der Waals surface area contributed by atoms with Crippen molar-refractivity contribution in [3.05, 3.63) is 57.3 Å². The van der Waals surface area contributed by atoms with E-state index >= 15 is 0 Å². The molecule has 6 rings (SSSR count). The molecule has 9 heteroatoms. The Morgan fingerprint density at radius 2 is 2.08 bits per heavy atom. The number of piperidine rings is 1. The van der Waals surface area contributed by atoms with E-state index in [0.29, 0.717) is 42.9 Å². The first kappa shape index (κ1) is 26.3. The third kappa shape index (κ3) is 5.98. The van der Waals surface area contributed by atoms with E-state index in [-0.39, 0.29) is 24.1 Å². The molecule has 208 valence electrons. The van der Waals surface area contributed by atoms with E-state index in [1.807, 2.05) is 4.90 Å². The molecule has 0 N–H and O–H groups in total. The Kier molecular flexibility index (Phi) is 7.60. The van der Waals surface area contributed by atoms with Gasteiger partial charge in [0.05, 0.1) is 19.6 Å². The fourth-order valence-corrected chi connectivity index (χ4v) is 7.05. The lowest BCUT2D eigenvalue weighted by molar-refractivity contribution is -0.131. The van der Waals surface area contributed by atoms with Gasteiger partial charge < -0.3 is 19.1 Å². The summed E-state index contributed by atoms with van der Waals surface area (Å²) in [7, 11) is 0. The summed E-state index contributed by atoms with van der Waals surface area (Å²) in [6, 6.07) is 7.71. The smallest absolute Gasteiger partial charge is 0.324 e. The van der Waals surface area contributed by atoms with E-state index in [9.17, 15) is 9.18 Å². The van der Waals surface area contributed by atoms with Crippen LogP contribution in [-0.2, 0) is 24.2 Å². The number of anilines is 1. The van der Waals surface area contributed by atoms with Crippen LogP contribution in [0.5, 0.6) is 5.75 Å². The van der Waals surface area contributed by atoms with Crippen molar-refractivity contribution in [3.8, 4) is 5.75 Å². The molecule has 39 heavy (non-hydrogen) atoms. The van der Waals surface area contributed by atoms with Crippen molar-refractivity contribution in [2.45, 2.75) is 64.8 Å². The number of amides is 1. The first-order valence-corrected chi connectivity index (χ1v) is 15.2. The second kappa shape index (κ2) is 11.3. The monoisotopic (exact) mass is 552 g/mol. The molecule has 1 aliphatic carbocycles. The van der Waals surface area contributed by atoms with Crippen LogP contribution in [0.1, 0.15) is 67.3 Å². The van der Waals surface area contributed by atoms with Gasteiger partial charge in [0.15, 0.2) is 5.82 Å². The van der Waals surface area contributed by atoms with Gasteiger partial charge in [-0.2, -0.15) is 4.98 Å². The number of ether oxygens (including phenoxy) is 1. The van der Waals surface area contributed by atoms with Gasteiger partial charge in [-0.15, -0.1) is 11.3 Å². The number of hydrogen-bond donors (Lipinski definition) is 0. The number of carbonyl (C=O) groups is 1. The van der Waals surface area contributed by atoms with E-state index in [1.54, 1.807) is 23.5 Å². The van der Waals surface area contributed by atoms with Crippen LogP contribution in [0, 0.1) is 23.6 Å². The number of nitrogens with zero attached hydrogens (tertiary/aromatic N) is 4. The molecule has 2 atom stereocenters. The Morgan fingerprint density at radius 3 is 2.85 bits per heavy atom. The number of benzene rings is 1. The standard InChI is InChI=1S/C30H37FN4O3S/c1-19(2)29-32-30(38-33-29)34-10-5-20(6-11-34)25-15-22(25)8-13-37-24-4-3-23(26(31)17-24)16-28(36)35-12-7-21-9-14-39-27(21)18-35/h3-4,9,14,17,19-20,22,25H,5-8,10-13,15-16,18H2,1-2H3/t22-,25-/m1/s1. The molecule has 2 aliphatic heterocycles. The van der Waals surface area contributed by atoms with Gasteiger partial charge in [-0.25, -0.2) is 4.39 Å². The second-order valence-corrected chi connectivity index (χ2v) is 12.6. The molecule has 2 aromatic heterocycles. The summed E-state index contributed by atoms with van der Waals surface area (Å²) in [6.45, 7) is 7.99. The van der Waals surface area contributed by atoms with Gasteiger partial charge in [0.25, 0.3) is 0 Å². The summed E-state index contributed by atoms with van der Waals surface area (Å²) in [4.78, 5) is 22.6. The zero-order chi connectivity index (χ0) is 26.9. The van der Waals surface area contributed by atoms with Crippen LogP contribution in [-0.4, -0.2) is 47.2 Å². The van der Waals surface area contributed by atoms with Crippen LogP contribution >= 0.6 is 11.3 Å². The highest BCUT2D eigenvalue weighted by Crippen LogP contribution is 2.50. The lowest BCUT2D eigenvalue weighted by Crippen LogP contribution is -2.36. The molecule has 1 aromatic carbocycles. The molecule has 1 saturated carbocycles. The van der Waals surface area contributed by atoms with Crippen molar-refractivity contribution < 1.29 is 18.4 Å². The molecule has 4 heterocycles. The van der Waals surface area contributed by atoms with Crippen LogP contribution in [0.15, 0.2) is 34.2 Å². The summed E-state index contributed by atoms with van der Waals surface area (Å²) in [5.74, 6) is 3.37. The van der Waals surface area contributed by atoms with Crippen LogP contribution in [0.2, 0.25) is 0 Å². The molecule has 0 radical (unpaired) electrons. The predicted molar refractivity (Wildman–Crippen MR) is 149 cm³/mol. The van der Waals surface area contributed by atoms with E-state index in [0.717, 1.165) is 56.4 Å². The lowest BCUT2D eigenvalue weighted by atomic mass is 9.90. The van der Waals surface area contributed by atoms with Gasteiger partial charge in [0, 0.05) is 36.5 Å². The zero-order valence-electron chi connectivity index (χ0n) is 22.8. The van der Waals surface area contributed by atoms with E-state index < -0.39 is 0 Å². The highest BCUT2D eigenvalue weighted by atomic mass is 32.1. The van der Waals surface area contributed by atoms with Gasteiger partial charge in [0.2, 0.25) is 5.91 Å². The van der Waals surface area contributed by atoms with Crippen LogP contribution in [0.3, 0.4) is 0 Å². The fourth-order valence-electron chi connectivity index (χ4n) is 6.10. The van der Waals surface area contributed by atoms with E-state index in [2.05, 4.69) is 40.3 Å². The minimum atomic E-state index is -0.368. The molecule has 3 aliphatic rings. The van der Waals surface area contributed by atoms with Crippen molar-refractivity contribution in [1.29, 1.82) is 0 Å². The van der Waals surface area contributed by atoms with Crippen molar-refractivity contribution in [2.24, 2.45) is 17.8 Å². The molecule has 0 bridgehead atoms. The average molecular weight is 553 g/mol. The molecule has 2 fully saturated rings. The van der Waals surface area contributed by atoms with Crippen LogP contribution < -0.4 is 9.64 Å². The van der Waals surface area contributed by atoms with Crippen LogP contribution in [0.4, 0.5) is 10.4 Å². The zero-order valence-corrected chi connectivity index (χ0v) is 23.6. The maximum absolute atomic E-state index is 14.8. The molecular weight excluding hydrogens is 515 g/mol. The summed E-state index contributed by atoms with van der Waals surface area (Å²) in [6.07, 6.45) is 5.51. The van der Waals surface area contributed by atoms with Crippen molar-refractivity contribution in [2.75, 3.05) is 31.1 Å². The summed E-state index contributed by atoms with van der Waals surface area (Å²) >= 11 is 1.69. The van der Waals surface area contributed by atoms with E-state index in [4.69, 9.17) is 9.26 Å². The lowest BCUT2D eigenvalue weighted by Gasteiger charge is -2.30. The van der Waals surface area contributed by atoms with Crippen molar-refractivity contribution in [1.82, 2.24) is 15.0 Å². The maximum atomic E-state index is 14.8. The molecule has 7 nitrogen and oxygen atoms in total. The Labute approximate surface area is 233 Å². The largest absolute Gasteiger partial charge is 0.493 e. The highest BCUT2D eigenvalue weighted by molar-refractivity contribution is 7.10. The van der Waals surface area contributed by atoms with Crippen molar-refractivity contribution in [3.63, 3.8) is 0 Å². The van der Waals surface area contributed by atoms with Gasteiger partial charge in [-0.1, -0.05) is 25.1 Å². The Balaban J connectivity index is 0.916. The number of rotatable bonds is 9. The number of carbonyl (C=O) groups excluding carboxylic acids is 1. The van der Waals surface area contributed by atoms with Gasteiger partial charge in [-0.3, -0.25) is 4.79 Å². The normalized spacial score (nSPS) is 21.3. The SMILES string of the molecule is CC(C)c1noc(N2CCC([C@H]3C[C@H]3CCOc3ccc(CC(=O)N4CCc5ccsc5C4)c(F)c3)CC2)n1. The number of fused-ring (bicyclic) bond motifs is 1. The molecule has 3 aromatic rings. The van der Waals surface area contributed by atoms with Gasteiger partial charge >= 0.3 is 6.01 Å². The van der Waals surface area contributed by atoms with Gasteiger partial charge in [-0.05, 0) is 78.5 Å². The van der Waals surface area contributed by atoms with Gasteiger partial charge in [0.1, 0.15) is 11.6 Å². The summed E-state index contributed by atoms with van der Waals surface area (Å²) in [5, 5.41) is 6.17. The minimum absolute atomic E-state index is 0.0235. The summed E-state index contributed by atoms with van der Waals surface area (Å²) < 4.78 is 26.2. The highest BCUT2D eigenvalue weighted by Gasteiger charge is 2.43. The third-order valence-electron chi connectivity index (χ3n) is 8.64. The molecule has 1 saturated heterocycles. The van der Waals surface area contributed by atoms with E-state index in [1.165, 1.54) is 22.9 Å². The maximum Gasteiger partial charge on any atom is 0.324 e. The molecular formula is C30H37FN4O3S. The number of thiophene rings is 1. The third-order valence-corrected chi connectivity index (χ3v) is 9.59. The number of hydrogen-bond acceptors (Lipinski definition) is 7. The van der Waals surface area contributed by atoms with Crippen LogP contribution in [0.25, 0.3) is 0 Å². The van der Waals surface area contributed by atoms with Crippen molar-refractivity contribution >= 4 is 23.3 Å². The number of aromatic nitrogens is 2.